The second-order valence-electron chi connectivity index (χ2n) is 2.90. The van der Waals surface area contributed by atoms with Gasteiger partial charge in [0, 0.05) is 7.11 Å². The number of carboxylic acids is 1. The SMILES string of the molecule is COC(C)C(C)(O)C(F)(F)C(=O)O. The second-order valence-corrected chi connectivity index (χ2v) is 2.90. The fourth-order valence-electron chi connectivity index (χ4n) is 0.701. The number of halogens is 2. The van der Waals surface area contributed by atoms with Crippen LogP contribution in [0.15, 0.2) is 0 Å². The van der Waals surface area contributed by atoms with E-state index in [2.05, 4.69) is 4.74 Å². The maximum atomic E-state index is 12.8. The molecule has 0 fully saturated rings. The number of methoxy groups -OCH3 is 1. The highest BCUT2D eigenvalue weighted by Gasteiger charge is 2.59. The fourth-order valence-corrected chi connectivity index (χ4v) is 0.701. The van der Waals surface area contributed by atoms with Crippen LogP contribution in [0.5, 0.6) is 0 Å². The number of ether oxygens (including phenoxy) is 1. The molecular weight excluding hydrogens is 186 g/mol. The van der Waals surface area contributed by atoms with Gasteiger partial charge in [0.15, 0.2) is 5.60 Å². The smallest absolute Gasteiger partial charge is 0.377 e. The Kier molecular flexibility index (Phi) is 3.34. The monoisotopic (exact) mass is 198 g/mol. The summed E-state index contributed by atoms with van der Waals surface area (Å²) in [6.45, 7) is 1.88. The molecule has 13 heavy (non-hydrogen) atoms. The normalized spacial score (nSPS) is 19.2. The van der Waals surface area contributed by atoms with Gasteiger partial charge in [-0.25, -0.2) is 4.79 Å². The Morgan fingerprint density at radius 1 is 1.54 bits per heavy atom. The van der Waals surface area contributed by atoms with Gasteiger partial charge in [-0.2, -0.15) is 8.78 Å². The number of hydrogen-bond acceptors (Lipinski definition) is 3. The Hall–Kier alpha value is -0.750. The van der Waals surface area contributed by atoms with E-state index in [0.29, 0.717) is 0 Å². The van der Waals surface area contributed by atoms with Crippen LogP contribution in [0.1, 0.15) is 13.8 Å². The number of alkyl halides is 2. The van der Waals surface area contributed by atoms with Gasteiger partial charge < -0.3 is 14.9 Å². The third-order valence-electron chi connectivity index (χ3n) is 2.05. The van der Waals surface area contributed by atoms with E-state index in [0.717, 1.165) is 21.0 Å². The average Bonchev–Trinajstić information content (AvgIpc) is 2.02. The maximum absolute atomic E-state index is 12.8. The van der Waals surface area contributed by atoms with Crippen molar-refractivity contribution in [2.75, 3.05) is 7.11 Å². The summed E-state index contributed by atoms with van der Waals surface area (Å²) in [6.07, 6.45) is -1.28. The van der Waals surface area contributed by atoms with Crippen LogP contribution in [0.4, 0.5) is 8.78 Å². The molecule has 2 unspecified atom stereocenters. The molecule has 0 rings (SSSR count). The molecule has 0 aliphatic carbocycles. The average molecular weight is 198 g/mol. The van der Waals surface area contributed by atoms with Crippen LogP contribution in [0, 0.1) is 0 Å². The summed E-state index contributed by atoms with van der Waals surface area (Å²) in [7, 11) is 1.11. The molecule has 0 amide bonds. The van der Waals surface area contributed by atoms with Crippen molar-refractivity contribution in [2.45, 2.75) is 31.5 Å². The number of carboxylic acid groups (broad SMARTS) is 1. The minimum atomic E-state index is -4.23. The van der Waals surface area contributed by atoms with Crippen molar-refractivity contribution < 1.29 is 28.5 Å². The van der Waals surface area contributed by atoms with Crippen LogP contribution in [0.2, 0.25) is 0 Å². The van der Waals surface area contributed by atoms with E-state index in [1.54, 1.807) is 0 Å². The molecule has 0 saturated heterocycles. The zero-order valence-corrected chi connectivity index (χ0v) is 7.54. The van der Waals surface area contributed by atoms with Gasteiger partial charge in [0.2, 0.25) is 0 Å². The molecule has 0 aliphatic heterocycles. The zero-order chi connectivity index (χ0) is 10.9. The van der Waals surface area contributed by atoms with Gasteiger partial charge >= 0.3 is 11.9 Å². The van der Waals surface area contributed by atoms with Crippen LogP contribution in [0.3, 0.4) is 0 Å². The van der Waals surface area contributed by atoms with Gasteiger partial charge in [-0.1, -0.05) is 0 Å². The lowest BCUT2D eigenvalue weighted by Crippen LogP contribution is -2.57. The van der Waals surface area contributed by atoms with E-state index in [-0.39, 0.29) is 0 Å². The van der Waals surface area contributed by atoms with Crippen molar-refractivity contribution in [1.82, 2.24) is 0 Å². The van der Waals surface area contributed by atoms with Gasteiger partial charge in [0.05, 0.1) is 6.10 Å². The Balaban J connectivity index is 4.90. The van der Waals surface area contributed by atoms with E-state index in [9.17, 15) is 18.7 Å². The Morgan fingerprint density at radius 3 is 2.15 bits per heavy atom. The molecule has 2 atom stereocenters. The summed E-state index contributed by atoms with van der Waals surface area (Å²) in [5.74, 6) is -6.61. The summed E-state index contributed by atoms with van der Waals surface area (Å²) in [6, 6.07) is 0. The zero-order valence-electron chi connectivity index (χ0n) is 7.54. The first-order chi connectivity index (χ1) is 5.67. The standard InChI is InChI=1S/C7H12F2O4/c1-4(13-3)6(2,12)7(8,9)5(10)11/h4,12H,1-3H3,(H,10,11). The van der Waals surface area contributed by atoms with Gasteiger partial charge in [-0.3, -0.25) is 0 Å². The van der Waals surface area contributed by atoms with Crippen LogP contribution in [-0.4, -0.2) is 40.9 Å². The Labute approximate surface area is 74.1 Å². The lowest BCUT2D eigenvalue weighted by molar-refractivity contribution is -0.229. The lowest BCUT2D eigenvalue weighted by Gasteiger charge is -2.33. The molecule has 6 heteroatoms. The van der Waals surface area contributed by atoms with Crippen molar-refractivity contribution in [3.63, 3.8) is 0 Å². The molecule has 0 heterocycles. The summed E-state index contributed by atoms with van der Waals surface area (Å²) >= 11 is 0. The third-order valence-corrected chi connectivity index (χ3v) is 2.05. The van der Waals surface area contributed by atoms with Crippen LogP contribution in [-0.2, 0) is 9.53 Å². The number of hydrogen-bond donors (Lipinski definition) is 2. The van der Waals surface area contributed by atoms with Crippen molar-refractivity contribution in [1.29, 1.82) is 0 Å². The van der Waals surface area contributed by atoms with Crippen LogP contribution < -0.4 is 0 Å². The quantitative estimate of drug-likeness (QED) is 0.690. The van der Waals surface area contributed by atoms with Crippen LogP contribution >= 0.6 is 0 Å². The molecule has 0 saturated carbocycles. The molecule has 0 bridgehead atoms. The van der Waals surface area contributed by atoms with Gasteiger partial charge in [0.1, 0.15) is 0 Å². The molecule has 0 aromatic rings. The molecule has 0 radical (unpaired) electrons. The van der Waals surface area contributed by atoms with Gasteiger partial charge in [0.25, 0.3) is 0 Å². The highest BCUT2D eigenvalue weighted by atomic mass is 19.3. The van der Waals surface area contributed by atoms with Crippen LogP contribution in [0.25, 0.3) is 0 Å². The molecule has 0 spiro atoms. The minimum Gasteiger partial charge on any atom is -0.477 e. The summed E-state index contributed by atoms with van der Waals surface area (Å²) < 4.78 is 30.1. The molecular formula is C7H12F2O4. The number of carbonyl (C=O) groups is 1. The van der Waals surface area contributed by atoms with Crippen molar-refractivity contribution >= 4 is 5.97 Å². The second kappa shape index (κ2) is 3.55. The number of aliphatic carboxylic acids is 1. The van der Waals surface area contributed by atoms with Crippen molar-refractivity contribution in [3.05, 3.63) is 0 Å². The largest absolute Gasteiger partial charge is 0.477 e. The van der Waals surface area contributed by atoms with Gasteiger partial charge in [-0.05, 0) is 13.8 Å². The molecule has 4 nitrogen and oxygen atoms in total. The Bertz CT molecular complexity index is 203. The number of aliphatic hydroxyl groups is 1. The Morgan fingerprint density at radius 2 is 1.92 bits per heavy atom. The summed E-state index contributed by atoms with van der Waals surface area (Å²) in [5.41, 5.74) is -2.73. The topological polar surface area (TPSA) is 66.8 Å². The van der Waals surface area contributed by atoms with Gasteiger partial charge in [-0.15, -0.1) is 0 Å². The van der Waals surface area contributed by atoms with Crippen molar-refractivity contribution in [2.24, 2.45) is 0 Å². The first-order valence-electron chi connectivity index (χ1n) is 3.54. The summed E-state index contributed by atoms with van der Waals surface area (Å²) in [4.78, 5) is 10.1. The third kappa shape index (κ3) is 1.94. The van der Waals surface area contributed by atoms with E-state index in [1.807, 2.05) is 0 Å². The lowest BCUT2D eigenvalue weighted by atomic mass is 9.92. The minimum absolute atomic E-state index is 0.718. The fraction of sp³-hybridized carbons (Fsp3) is 0.857. The highest BCUT2D eigenvalue weighted by molar-refractivity contribution is 5.77. The number of rotatable bonds is 4. The first kappa shape index (κ1) is 12.2. The predicted octanol–water partition coefficient (Wildman–Crippen LogP) is 0.492. The molecule has 0 aromatic heterocycles. The van der Waals surface area contributed by atoms with E-state index in [4.69, 9.17) is 5.11 Å². The van der Waals surface area contributed by atoms with E-state index >= 15 is 0 Å². The molecule has 78 valence electrons. The van der Waals surface area contributed by atoms with Crippen molar-refractivity contribution in [3.8, 4) is 0 Å². The predicted molar refractivity (Wildman–Crippen MR) is 39.7 cm³/mol. The molecule has 0 aliphatic rings. The van der Waals surface area contributed by atoms with E-state index in [1.165, 1.54) is 0 Å². The maximum Gasteiger partial charge on any atom is 0.377 e. The molecule has 0 aromatic carbocycles. The van der Waals surface area contributed by atoms with E-state index < -0.39 is 23.6 Å². The summed E-state index contributed by atoms with van der Waals surface area (Å²) in [5, 5.41) is 17.4. The highest BCUT2D eigenvalue weighted by Crippen LogP contribution is 2.32. The molecule has 2 N–H and O–H groups in total. The first-order valence-corrected chi connectivity index (χ1v) is 3.54.